The van der Waals surface area contributed by atoms with Crippen LogP contribution in [0.1, 0.15) is 65.0 Å². The molecule has 12 heteroatoms. The number of ether oxygens (including phenoxy) is 1. The molecule has 2 aromatic rings. The fraction of sp³-hybridized carbons (Fsp3) is 0.514. The van der Waals surface area contributed by atoms with Crippen molar-refractivity contribution < 1.29 is 33.8 Å². The number of rotatable bonds is 17. The Bertz CT molecular complexity index is 1320. The van der Waals surface area contributed by atoms with Gasteiger partial charge in [0.05, 0.1) is 31.2 Å². The minimum Gasteiger partial charge on any atom is -0.467 e. The van der Waals surface area contributed by atoms with Crippen molar-refractivity contribution in [1.82, 2.24) is 21.3 Å². The largest absolute Gasteiger partial charge is 0.467 e. The molecule has 0 saturated heterocycles. The number of aliphatic hydroxyl groups excluding tert-OH is 1. The van der Waals surface area contributed by atoms with E-state index in [0.29, 0.717) is 5.56 Å². The summed E-state index contributed by atoms with van der Waals surface area (Å²) in [6, 6.07) is 13.6. The van der Waals surface area contributed by atoms with Gasteiger partial charge in [-0.25, -0.2) is 4.79 Å². The number of hydrogen-bond acceptors (Lipinski definition) is 8. The van der Waals surface area contributed by atoms with Crippen LogP contribution in [0, 0.1) is 11.8 Å². The van der Waals surface area contributed by atoms with Crippen LogP contribution in [0.4, 0.5) is 0 Å². The number of carbonyl (C=O) groups is 5. The van der Waals surface area contributed by atoms with Gasteiger partial charge in [-0.2, -0.15) is 0 Å². The fourth-order valence-electron chi connectivity index (χ4n) is 5.01. The lowest BCUT2D eigenvalue weighted by Gasteiger charge is -2.30. The molecule has 12 nitrogen and oxygen atoms in total. The molecule has 4 amide bonds. The molecule has 2 aromatic carbocycles. The monoisotopic (exact) mass is 653 g/mol. The van der Waals surface area contributed by atoms with Crippen LogP contribution in [0.15, 0.2) is 60.7 Å². The number of carbonyl (C=O) groups excluding carboxylic acids is 5. The summed E-state index contributed by atoms with van der Waals surface area (Å²) < 4.78 is 4.85. The molecule has 0 aromatic heterocycles. The van der Waals surface area contributed by atoms with Crippen molar-refractivity contribution in [3.8, 4) is 0 Å². The van der Waals surface area contributed by atoms with E-state index in [2.05, 4.69) is 21.3 Å². The molecule has 0 spiro atoms. The second-order valence-electron chi connectivity index (χ2n) is 12.6. The molecule has 0 radical (unpaired) electrons. The molecule has 0 heterocycles. The number of amides is 4. The zero-order valence-corrected chi connectivity index (χ0v) is 28.4. The van der Waals surface area contributed by atoms with Gasteiger partial charge in [0, 0.05) is 0 Å². The summed E-state index contributed by atoms with van der Waals surface area (Å²) in [7, 11) is 1.24. The summed E-state index contributed by atoms with van der Waals surface area (Å²) >= 11 is 0. The Kier molecular flexibility index (Phi) is 15.5. The topological polar surface area (TPSA) is 189 Å². The zero-order valence-electron chi connectivity index (χ0n) is 28.4. The summed E-state index contributed by atoms with van der Waals surface area (Å²) in [5.41, 5.74) is 7.08. The highest BCUT2D eigenvalue weighted by Crippen LogP contribution is 2.25. The van der Waals surface area contributed by atoms with E-state index in [1.54, 1.807) is 58.0 Å². The number of hydrogen-bond donors (Lipinski definition) is 6. The lowest BCUT2D eigenvalue weighted by Crippen LogP contribution is -2.56. The van der Waals surface area contributed by atoms with Crippen LogP contribution in [-0.2, 0) is 35.1 Å². The standard InChI is InChI=1S/C35H51N5O7/c1-20(2)29(34(45)40-30(21(3)4)35(46)47-7)39-33(44)26(25-16-12-9-13-17-25)19-28(41)27(18-24-14-10-8-11-15-24)38-32(43)23(6)37-31(42)22(5)36/h8-17,20-23,26-30,41H,18-19,36H2,1-7H3,(H,37,42)(H,38,43)(H,39,44)(H,40,45)/t22-,23-,26?,27-,28-,29+,30+/m0/s1. The van der Waals surface area contributed by atoms with Crippen LogP contribution in [0.3, 0.4) is 0 Å². The van der Waals surface area contributed by atoms with Gasteiger partial charge in [0.15, 0.2) is 0 Å². The van der Waals surface area contributed by atoms with E-state index in [-0.39, 0.29) is 24.7 Å². The number of methoxy groups -OCH3 is 1. The minimum absolute atomic E-state index is 0.0998. The SMILES string of the molecule is COC(=O)[C@H](NC(=O)[C@H](NC(=O)C(C[C@H](O)[C@H](Cc1ccccc1)NC(=O)[C@H](C)NC(=O)[C@H](C)N)c1ccccc1)C(C)C)C(C)C. The number of nitrogens with two attached hydrogens (primary N) is 1. The Morgan fingerprint density at radius 3 is 1.74 bits per heavy atom. The zero-order chi connectivity index (χ0) is 35.3. The first kappa shape index (κ1) is 38.9. The van der Waals surface area contributed by atoms with Gasteiger partial charge in [0.2, 0.25) is 23.6 Å². The average molecular weight is 654 g/mol. The van der Waals surface area contributed by atoms with Crippen LogP contribution >= 0.6 is 0 Å². The lowest BCUT2D eigenvalue weighted by atomic mass is 9.87. The van der Waals surface area contributed by atoms with Crippen molar-refractivity contribution in [2.24, 2.45) is 17.6 Å². The molecular weight excluding hydrogens is 602 g/mol. The van der Waals surface area contributed by atoms with Crippen molar-refractivity contribution in [3.63, 3.8) is 0 Å². The highest BCUT2D eigenvalue weighted by molar-refractivity contribution is 5.93. The summed E-state index contributed by atoms with van der Waals surface area (Å²) in [6.07, 6.45) is -1.08. The molecule has 0 aliphatic rings. The van der Waals surface area contributed by atoms with Gasteiger partial charge in [-0.3, -0.25) is 19.2 Å². The predicted octanol–water partition coefficient (Wildman–Crippen LogP) is 1.56. The Morgan fingerprint density at radius 1 is 0.702 bits per heavy atom. The van der Waals surface area contributed by atoms with E-state index in [1.165, 1.54) is 21.0 Å². The van der Waals surface area contributed by atoms with E-state index >= 15 is 0 Å². The Morgan fingerprint density at radius 2 is 1.23 bits per heavy atom. The van der Waals surface area contributed by atoms with E-state index in [0.717, 1.165) is 5.56 Å². The quantitative estimate of drug-likeness (QED) is 0.139. The molecule has 2 rings (SSSR count). The third-order valence-electron chi connectivity index (χ3n) is 7.92. The van der Waals surface area contributed by atoms with Gasteiger partial charge in [-0.05, 0) is 49.7 Å². The smallest absolute Gasteiger partial charge is 0.328 e. The maximum Gasteiger partial charge on any atom is 0.328 e. The molecule has 0 bridgehead atoms. The van der Waals surface area contributed by atoms with Crippen LogP contribution in [0.5, 0.6) is 0 Å². The third kappa shape index (κ3) is 12.1. The van der Waals surface area contributed by atoms with E-state index in [1.807, 2.05) is 30.3 Å². The number of nitrogens with one attached hydrogen (secondary N) is 4. The van der Waals surface area contributed by atoms with Gasteiger partial charge >= 0.3 is 5.97 Å². The Labute approximate surface area is 277 Å². The van der Waals surface area contributed by atoms with Crippen molar-refractivity contribution in [2.45, 2.75) is 96.6 Å². The van der Waals surface area contributed by atoms with Gasteiger partial charge in [0.1, 0.15) is 18.1 Å². The first-order valence-corrected chi connectivity index (χ1v) is 16.0. The predicted molar refractivity (Wildman–Crippen MR) is 179 cm³/mol. The first-order chi connectivity index (χ1) is 22.2. The normalized spacial score (nSPS) is 15.7. The molecule has 7 atom stereocenters. The number of esters is 1. The molecule has 0 saturated carbocycles. The van der Waals surface area contributed by atoms with Crippen LogP contribution in [0.25, 0.3) is 0 Å². The van der Waals surface area contributed by atoms with E-state index < -0.39 is 71.8 Å². The summed E-state index contributed by atoms with van der Waals surface area (Å²) in [5, 5.41) is 22.6. The molecule has 0 fully saturated rings. The number of aliphatic hydroxyl groups is 1. The van der Waals surface area contributed by atoms with E-state index in [4.69, 9.17) is 10.5 Å². The van der Waals surface area contributed by atoms with Gasteiger partial charge in [-0.15, -0.1) is 0 Å². The second-order valence-corrected chi connectivity index (χ2v) is 12.6. The van der Waals surface area contributed by atoms with Gasteiger partial charge in [-0.1, -0.05) is 88.4 Å². The summed E-state index contributed by atoms with van der Waals surface area (Å²) in [4.78, 5) is 64.9. The first-order valence-electron chi connectivity index (χ1n) is 16.0. The molecule has 0 aliphatic carbocycles. The summed E-state index contributed by atoms with van der Waals surface area (Å²) in [5.74, 6) is -4.17. The maximum absolute atomic E-state index is 14.0. The minimum atomic E-state index is -1.22. The van der Waals surface area contributed by atoms with Crippen LogP contribution in [-0.4, -0.2) is 78.1 Å². The number of benzene rings is 2. The molecule has 1 unspecified atom stereocenters. The molecule has 0 aliphatic heterocycles. The van der Waals surface area contributed by atoms with Crippen molar-refractivity contribution >= 4 is 29.6 Å². The molecular formula is C35H51N5O7. The maximum atomic E-state index is 14.0. The molecule has 258 valence electrons. The highest BCUT2D eigenvalue weighted by atomic mass is 16.5. The van der Waals surface area contributed by atoms with E-state index in [9.17, 15) is 29.1 Å². The third-order valence-corrected chi connectivity index (χ3v) is 7.92. The van der Waals surface area contributed by atoms with Crippen molar-refractivity contribution in [2.75, 3.05) is 7.11 Å². The van der Waals surface area contributed by atoms with Crippen molar-refractivity contribution in [1.29, 1.82) is 0 Å². The highest BCUT2D eigenvalue weighted by Gasteiger charge is 2.35. The Balaban J connectivity index is 2.37. The molecule has 47 heavy (non-hydrogen) atoms. The Hall–Kier alpha value is -4.29. The second kappa shape index (κ2) is 18.8. The molecule has 7 N–H and O–H groups in total. The summed E-state index contributed by atoms with van der Waals surface area (Å²) in [6.45, 7) is 10.1. The van der Waals surface area contributed by atoms with Crippen molar-refractivity contribution in [3.05, 3.63) is 71.8 Å². The lowest BCUT2D eigenvalue weighted by molar-refractivity contribution is -0.146. The van der Waals surface area contributed by atoms with Gasteiger partial charge < -0.3 is 36.8 Å². The van der Waals surface area contributed by atoms with Crippen LogP contribution in [0.2, 0.25) is 0 Å². The van der Waals surface area contributed by atoms with Gasteiger partial charge in [0.25, 0.3) is 0 Å². The van der Waals surface area contributed by atoms with Crippen LogP contribution < -0.4 is 27.0 Å². The fourth-order valence-corrected chi connectivity index (χ4v) is 5.01. The average Bonchev–Trinajstić information content (AvgIpc) is 3.04.